The van der Waals surface area contributed by atoms with Crippen molar-refractivity contribution in [2.75, 3.05) is 12.5 Å². The number of nitrogens with one attached hydrogen (secondary N) is 1. The first-order chi connectivity index (χ1) is 13.8. The monoisotopic (exact) mass is 394 g/mol. The number of amides is 1. The third-order valence-electron chi connectivity index (χ3n) is 4.80. The summed E-state index contributed by atoms with van der Waals surface area (Å²) in [5.41, 5.74) is 3.10. The molecule has 0 aliphatic carbocycles. The van der Waals surface area contributed by atoms with E-state index < -0.39 is 0 Å². The molecule has 2 aromatic carbocycles. The summed E-state index contributed by atoms with van der Waals surface area (Å²) in [5.74, 6) is 1.68. The summed E-state index contributed by atoms with van der Waals surface area (Å²) >= 11 is 1.41. The number of hydrazone groups is 1. The van der Waals surface area contributed by atoms with Crippen LogP contribution in [0.15, 0.2) is 52.6 Å². The largest absolute Gasteiger partial charge is 0.454 e. The lowest BCUT2D eigenvalue weighted by Gasteiger charge is -2.29. The Balaban J connectivity index is 1.21. The lowest BCUT2D eigenvalue weighted by atomic mass is 10.0. The molecule has 0 spiro atoms. The molecule has 0 saturated heterocycles. The Morgan fingerprint density at radius 1 is 1.21 bits per heavy atom. The number of carbonyl (C=O) groups excluding carboxylic acids is 1. The van der Waals surface area contributed by atoms with Crippen molar-refractivity contribution < 1.29 is 14.3 Å². The maximum atomic E-state index is 12.3. The molecule has 0 fully saturated rings. The van der Waals surface area contributed by atoms with Gasteiger partial charge in [0.15, 0.2) is 16.7 Å². The molecule has 1 amide bonds. The fourth-order valence-electron chi connectivity index (χ4n) is 3.41. The molecule has 0 bridgehead atoms. The second kappa shape index (κ2) is 7.20. The standard InChI is InChI=1S/C20H18N4O3S/c25-19(21-10-13-5-6-17-18(9-13)27-12-26-17)11-28-20-23-15-4-2-1-3-14(15)16-7-8-22-24(16)20/h1-6,8-9,16H,7,10-12H2,(H,21,25). The summed E-state index contributed by atoms with van der Waals surface area (Å²) in [6.07, 6.45) is 2.76. The number of amidine groups is 1. The van der Waals surface area contributed by atoms with E-state index in [1.54, 1.807) is 0 Å². The van der Waals surface area contributed by atoms with Crippen molar-refractivity contribution in [1.82, 2.24) is 10.3 Å². The zero-order valence-electron chi connectivity index (χ0n) is 15.0. The van der Waals surface area contributed by atoms with Crippen molar-refractivity contribution in [2.45, 2.75) is 19.0 Å². The molecule has 1 atom stereocenters. The number of fused-ring (bicyclic) bond motifs is 4. The predicted octanol–water partition coefficient (Wildman–Crippen LogP) is 3.20. The van der Waals surface area contributed by atoms with Crippen LogP contribution in [-0.2, 0) is 11.3 Å². The van der Waals surface area contributed by atoms with E-state index in [2.05, 4.69) is 16.5 Å². The van der Waals surface area contributed by atoms with Crippen LogP contribution in [0.4, 0.5) is 5.69 Å². The second-order valence-electron chi connectivity index (χ2n) is 6.60. The number of hydrogen-bond donors (Lipinski definition) is 1. The Labute approximate surface area is 166 Å². The van der Waals surface area contributed by atoms with Crippen molar-refractivity contribution in [2.24, 2.45) is 10.1 Å². The molecule has 28 heavy (non-hydrogen) atoms. The Hall–Kier alpha value is -3.00. The lowest BCUT2D eigenvalue weighted by molar-refractivity contribution is -0.118. The van der Waals surface area contributed by atoms with Crippen LogP contribution in [-0.4, -0.2) is 34.8 Å². The van der Waals surface area contributed by atoms with Gasteiger partial charge in [0.25, 0.3) is 0 Å². The van der Waals surface area contributed by atoms with Crippen molar-refractivity contribution in [3.63, 3.8) is 0 Å². The maximum absolute atomic E-state index is 12.3. The van der Waals surface area contributed by atoms with E-state index in [0.29, 0.717) is 12.3 Å². The predicted molar refractivity (Wildman–Crippen MR) is 108 cm³/mol. The lowest BCUT2D eigenvalue weighted by Crippen LogP contribution is -2.30. The smallest absolute Gasteiger partial charge is 0.231 e. The van der Waals surface area contributed by atoms with E-state index in [9.17, 15) is 4.79 Å². The first kappa shape index (κ1) is 17.1. The number of para-hydroxylation sites is 1. The van der Waals surface area contributed by atoms with Crippen LogP contribution >= 0.6 is 11.8 Å². The molecular formula is C20H18N4O3S. The summed E-state index contributed by atoms with van der Waals surface area (Å²) in [6.45, 7) is 0.683. The Bertz CT molecular complexity index is 991. The molecule has 0 aromatic heterocycles. The molecule has 3 aliphatic heterocycles. The van der Waals surface area contributed by atoms with Gasteiger partial charge in [-0.05, 0) is 23.8 Å². The number of thioether (sulfide) groups is 1. The highest BCUT2D eigenvalue weighted by molar-refractivity contribution is 8.14. The van der Waals surface area contributed by atoms with Crippen molar-refractivity contribution >= 4 is 34.7 Å². The van der Waals surface area contributed by atoms with Gasteiger partial charge in [-0.1, -0.05) is 36.0 Å². The highest BCUT2D eigenvalue weighted by Gasteiger charge is 2.32. The molecule has 1 N–H and O–H groups in total. The fraction of sp³-hybridized carbons (Fsp3) is 0.250. The normalized spacial score (nSPS) is 18.5. The van der Waals surface area contributed by atoms with E-state index in [1.165, 1.54) is 17.3 Å². The molecule has 0 radical (unpaired) electrons. The van der Waals surface area contributed by atoms with Crippen molar-refractivity contribution in [3.05, 3.63) is 53.6 Å². The Morgan fingerprint density at radius 3 is 3.07 bits per heavy atom. The van der Waals surface area contributed by atoms with Gasteiger partial charge in [0.05, 0.1) is 17.5 Å². The average Bonchev–Trinajstić information content (AvgIpc) is 3.39. The van der Waals surface area contributed by atoms with Gasteiger partial charge in [-0.15, -0.1) is 0 Å². The second-order valence-corrected chi connectivity index (χ2v) is 7.54. The summed E-state index contributed by atoms with van der Waals surface area (Å²) in [4.78, 5) is 17.0. The minimum absolute atomic E-state index is 0.0519. The number of carbonyl (C=O) groups is 1. The van der Waals surface area contributed by atoms with Crippen LogP contribution in [0.25, 0.3) is 0 Å². The van der Waals surface area contributed by atoms with Gasteiger partial charge >= 0.3 is 0 Å². The third-order valence-corrected chi connectivity index (χ3v) is 5.74. The first-order valence-corrected chi connectivity index (χ1v) is 10.0. The molecular weight excluding hydrogens is 376 g/mol. The van der Waals surface area contributed by atoms with Gasteiger partial charge in [0.2, 0.25) is 12.7 Å². The number of hydrogen-bond acceptors (Lipinski definition) is 7. The third kappa shape index (κ3) is 3.20. The van der Waals surface area contributed by atoms with Crippen molar-refractivity contribution in [3.8, 4) is 11.5 Å². The molecule has 142 valence electrons. The fourth-order valence-corrected chi connectivity index (χ4v) is 4.24. The van der Waals surface area contributed by atoms with E-state index in [0.717, 1.165) is 28.6 Å². The molecule has 3 heterocycles. The molecule has 0 saturated carbocycles. The van der Waals surface area contributed by atoms with Gasteiger partial charge in [-0.3, -0.25) is 4.79 Å². The SMILES string of the molecule is O=C(CSC1=Nc2ccccc2C2CC=NN12)NCc1ccc2c(c1)OCO2. The molecule has 3 aliphatic rings. The van der Waals surface area contributed by atoms with Crippen molar-refractivity contribution in [1.29, 1.82) is 0 Å². The number of nitrogens with zero attached hydrogens (tertiary/aromatic N) is 3. The summed E-state index contributed by atoms with van der Waals surface area (Å²) < 4.78 is 10.7. The highest BCUT2D eigenvalue weighted by atomic mass is 32.2. The quantitative estimate of drug-likeness (QED) is 0.862. The Kier molecular flexibility index (Phi) is 4.40. The van der Waals surface area contributed by atoms with Crippen LogP contribution in [0.1, 0.15) is 23.6 Å². The summed E-state index contributed by atoms with van der Waals surface area (Å²) in [6, 6.07) is 13.9. The van der Waals surface area contributed by atoms with Crippen LogP contribution in [0.3, 0.4) is 0 Å². The summed E-state index contributed by atoms with van der Waals surface area (Å²) in [7, 11) is 0. The van der Waals surface area contributed by atoms with Gasteiger partial charge < -0.3 is 14.8 Å². The van der Waals surface area contributed by atoms with Gasteiger partial charge in [-0.2, -0.15) is 5.10 Å². The number of ether oxygens (including phenoxy) is 2. The van der Waals surface area contributed by atoms with E-state index in [-0.39, 0.29) is 24.5 Å². The Morgan fingerprint density at radius 2 is 2.11 bits per heavy atom. The van der Waals surface area contributed by atoms with E-state index >= 15 is 0 Å². The van der Waals surface area contributed by atoms with E-state index in [1.807, 2.05) is 47.6 Å². The van der Waals surface area contributed by atoms with E-state index in [4.69, 9.17) is 14.5 Å². The topological polar surface area (TPSA) is 75.5 Å². The minimum Gasteiger partial charge on any atom is -0.454 e. The number of benzene rings is 2. The maximum Gasteiger partial charge on any atom is 0.231 e. The van der Waals surface area contributed by atoms with Crippen LogP contribution in [0.2, 0.25) is 0 Å². The zero-order chi connectivity index (χ0) is 18.9. The zero-order valence-corrected chi connectivity index (χ0v) is 15.8. The minimum atomic E-state index is -0.0519. The molecule has 7 nitrogen and oxygen atoms in total. The molecule has 2 aromatic rings. The number of aliphatic imine (C=N–C) groups is 1. The van der Waals surface area contributed by atoms with Crippen LogP contribution in [0, 0.1) is 0 Å². The molecule has 5 rings (SSSR count). The first-order valence-electron chi connectivity index (χ1n) is 9.05. The van der Waals surface area contributed by atoms with Crippen LogP contribution in [0.5, 0.6) is 11.5 Å². The average molecular weight is 394 g/mol. The van der Waals surface area contributed by atoms with Gasteiger partial charge in [-0.25, -0.2) is 10.0 Å². The highest BCUT2D eigenvalue weighted by Crippen LogP contribution is 2.40. The summed E-state index contributed by atoms with van der Waals surface area (Å²) in [5, 5.41) is 10.1. The van der Waals surface area contributed by atoms with Gasteiger partial charge in [0.1, 0.15) is 0 Å². The van der Waals surface area contributed by atoms with Crippen LogP contribution < -0.4 is 14.8 Å². The molecule has 1 unspecified atom stereocenters. The van der Waals surface area contributed by atoms with Gasteiger partial charge in [0, 0.05) is 24.7 Å². The number of rotatable bonds is 4. The molecule has 8 heteroatoms.